The predicted octanol–water partition coefficient (Wildman–Crippen LogP) is 20.3. The van der Waals surface area contributed by atoms with Crippen LogP contribution >= 0.6 is 0 Å². The Morgan fingerprint density at radius 2 is 0.592 bits per heavy atom. The van der Waals surface area contributed by atoms with Gasteiger partial charge in [0.15, 0.2) is 0 Å². The molecule has 4 aliphatic heterocycles. The van der Waals surface area contributed by atoms with Crippen molar-refractivity contribution in [1.82, 2.24) is 0 Å². The van der Waals surface area contributed by atoms with Crippen LogP contribution in [0.2, 0.25) is 0 Å². The largest absolute Gasteiger partial charge is 0.457 e. The first-order valence-corrected chi connectivity index (χ1v) is 34.0. The third-order valence-corrected chi connectivity index (χ3v) is 20.4. The maximum atomic E-state index is 8.35. The first-order chi connectivity index (χ1) is 48.1. The SMILES string of the molecule is Cc1cc(C)c(-c2cccc(-c3c(C)cc(C)cc3C)c2-c2c3c(cc4c2Oc2cc(N(c5ccccc5)c5ccccc5)cc5c2B4c2ccccc2N5c2ccccc2)B2c4ccccc4N(c4ccccc4)c4cc(N(c5ccccc5)c5ccccc5)cc(c42)O3)c(C)c1. The standard InChI is InChI=1S/C90H68B2N4O2/c1-57-48-59(3)83(60(4)49-57)71-42-29-43-72(84-61(5)50-58(2)51-62(84)6)85(71)86-89-75(91-73-44-25-27-46-77(73)95(67-38-21-11-22-39-67)79-52-69(54-81(97-89)87(79)91)93(63-30-13-7-14-31-63)64-32-15-8-16-33-64)56-76-90(86)98-82-55-70(94(65-34-17-9-18-35-65)66-36-19-10-20-37-66)53-80-88(82)92(76)74-45-26-28-47-78(74)96(80)68-40-23-12-24-41-68/h7-56H,1-6H3. The predicted molar refractivity (Wildman–Crippen MR) is 412 cm³/mol. The molecule has 466 valence electrons. The van der Waals surface area contributed by atoms with E-state index >= 15 is 0 Å². The van der Waals surface area contributed by atoms with Crippen molar-refractivity contribution in [1.29, 1.82) is 0 Å². The summed E-state index contributed by atoms with van der Waals surface area (Å²) in [5.74, 6) is 3.08. The summed E-state index contributed by atoms with van der Waals surface area (Å²) in [7, 11) is 0. The van der Waals surface area contributed by atoms with Crippen molar-refractivity contribution >= 4 is 114 Å². The van der Waals surface area contributed by atoms with Crippen molar-refractivity contribution < 1.29 is 9.47 Å². The van der Waals surface area contributed by atoms with Gasteiger partial charge in [-0.05, 0) is 216 Å². The Morgan fingerprint density at radius 1 is 0.265 bits per heavy atom. The third-order valence-electron chi connectivity index (χ3n) is 20.4. The lowest BCUT2D eigenvalue weighted by Crippen LogP contribution is -2.63. The monoisotopic (exact) mass is 1260 g/mol. The van der Waals surface area contributed by atoms with E-state index in [1.807, 2.05) is 0 Å². The second-order valence-corrected chi connectivity index (χ2v) is 26.7. The maximum Gasteiger partial charge on any atom is 0.256 e. The van der Waals surface area contributed by atoms with Crippen LogP contribution in [0.15, 0.2) is 303 Å². The van der Waals surface area contributed by atoms with Gasteiger partial charge in [0.2, 0.25) is 0 Å². The summed E-state index contributed by atoms with van der Waals surface area (Å²) in [6.45, 7) is 12.9. The molecule has 98 heavy (non-hydrogen) atoms. The summed E-state index contributed by atoms with van der Waals surface area (Å²) in [5.41, 5.74) is 33.0. The van der Waals surface area contributed by atoms with E-state index in [9.17, 15) is 0 Å². The Kier molecular flexibility index (Phi) is 14.0. The topological polar surface area (TPSA) is 31.4 Å². The maximum absolute atomic E-state index is 8.35. The van der Waals surface area contributed by atoms with E-state index in [1.54, 1.807) is 0 Å². The quantitative estimate of drug-likeness (QED) is 0.120. The molecule has 0 unspecified atom stereocenters. The molecule has 14 aromatic rings. The average molecular weight is 1260 g/mol. The third kappa shape index (κ3) is 9.41. The summed E-state index contributed by atoms with van der Waals surface area (Å²) in [4.78, 5) is 9.65. The number of hydrogen-bond acceptors (Lipinski definition) is 6. The van der Waals surface area contributed by atoms with Gasteiger partial charge in [-0.3, -0.25) is 0 Å². The highest BCUT2D eigenvalue weighted by atomic mass is 16.5. The van der Waals surface area contributed by atoms with Crippen molar-refractivity contribution in [2.45, 2.75) is 41.5 Å². The number of aryl methyl sites for hydroxylation is 6. The molecule has 0 bridgehead atoms. The minimum Gasteiger partial charge on any atom is -0.457 e. The zero-order valence-corrected chi connectivity index (χ0v) is 55.6. The molecule has 0 amide bonds. The molecule has 8 heteroatoms. The van der Waals surface area contributed by atoms with Crippen molar-refractivity contribution in [3.63, 3.8) is 0 Å². The van der Waals surface area contributed by atoms with Gasteiger partial charge in [-0.25, -0.2) is 0 Å². The van der Waals surface area contributed by atoms with Gasteiger partial charge in [-0.15, -0.1) is 0 Å². The number of nitrogens with zero attached hydrogens (tertiary/aromatic N) is 4. The van der Waals surface area contributed by atoms with Crippen molar-refractivity contribution in [2.24, 2.45) is 0 Å². The molecule has 0 radical (unpaired) electrons. The van der Waals surface area contributed by atoms with Crippen LogP contribution in [0.1, 0.15) is 33.4 Å². The van der Waals surface area contributed by atoms with Gasteiger partial charge < -0.3 is 29.1 Å². The molecule has 0 atom stereocenters. The number of para-hydroxylation sites is 8. The van der Waals surface area contributed by atoms with Gasteiger partial charge in [0.1, 0.15) is 23.0 Å². The van der Waals surface area contributed by atoms with Gasteiger partial charge in [0.05, 0.1) is 16.9 Å². The van der Waals surface area contributed by atoms with Gasteiger partial charge in [-0.1, -0.05) is 205 Å². The molecule has 14 aromatic carbocycles. The molecule has 0 saturated carbocycles. The molecule has 6 nitrogen and oxygen atoms in total. The molecule has 0 spiro atoms. The zero-order valence-electron chi connectivity index (χ0n) is 55.6. The molecule has 0 fully saturated rings. The smallest absolute Gasteiger partial charge is 0.256 e. The van der Waals surface area contributed by atoms with Gasteiger partial charge in [0, 0.05) is 74.6 Å². The van der Waals surface area contributed by atoms with Crippen LogP contribution < -0.4 is 61.9 Å². The Bertz CT molecular complexity index is 5040. The van der Waals surface area contributed by atoms with E-state index < -0.39 is 0 Å². The number of anilines is 12. The van der Waals surface area contributed by atoms with Crippen LogP contribution in [0.25, 0.3) is 33.4 Å². The minimum atomic E-state index is -0.311. The lowest BCUT2D eigenvalue weighted by Gasteiger charge is -2.44. The van der Waals surface area contributed by atoms with E-state index in [0.717, 1.165) is 135 Å². The number of hydrogen-bond donors (Lipinski definition) is 0. The normalized spacial score (nSPS) is 12.7. The number of benzene rings is 14. The molecule has 0 N–H and O–H groups in total. The zero-order chi connectivity index (χ0) is 65.9. The fraction of sp³-hybridized carbons (Fsp3) is 0.0667. The summed E-state index contributed by atoms with van der Waals surface area (Å²) < 4.78 is 16.7. The number of rotatable bonds is 11. The van der Waals surface area contributed by atoms with E-state index in [2.05, 4.69) is 364 Å². The van der Waals surface area contributed by atoms with Gasteiger partial charge in [-0.2, -0.15) is 0 Å². The summed E-state index contributed by atoms with van der Waals surface area (Å²) >= 11 is 0. The first kappa shape index (κ1) is 58.6. The van der Waals surface area contributed by atoms with Crippen molar-refractivity contribution in [3.8, 4) is 56.4 Å². The summed E-state index contributed by atoms with van der Waals surface area (Å²) in [5, 5.41) is 0. The van der Waals surface area contributed by atoms with Gasteiger partial charge >= 0.3 is 0 Å². The lowest BCUT2D eigenvalue weighted by atomic mass is 9.30. The molecule has 4 heterocycles. The molecule has 0 aromatic heterocycles. The Labute approximate surface area is 574 Å². The average Bonchev–Trinajstić information content (AvgIpc) is 0.686. The molecule has 4 aliphatic rings. The highest BCUT2D eigenvalue weighted by molar-refractivity contribution is 7.02. The summed E-state index contributed by atoms with van der Waals surface area (Å²) in [6, 6.07) is 111. The Morgan fingerprint density at radius 3 is 0.949 bits per heavy atom. The molecular weight excluding hydrogens is 1190 g/mol. The fourth-order valence-electron chi connectivity index (χ4n) is 16.8. The Hall–Kier alpha value is -12.0. The van der Waals surface area contributed by atoms with Crippen LogP contribution in [-0.2, 0) is 0 Å². The second kappa shape index (κ2) is 23.4. The highest BCUT2D eigenvalue weighted by Crippen LogP contribution is 2.56. The first-order valence-electron chi connectivity index (χ1n) is 34.0. The van der Waals surface area contributed by atoms with Crippen LogP contribution in [0.3, 0.4) is 0 Å². The molecular formula is C90H68B2N4O2. The molecule has 0 aliphatic carbocycles. The number of fused-ring (bicyclic) bond motifs is 8. The fourth-order valence-corrected chi connectivity index (χ4v) is 16.8. The van der Waals surface area contributed by atoms with E-state index in [4.69, 9.17) is 9.47 Å². The van der Waals surface area contributed by atoms with Crippen LogP contribution in [-0.4, -0.2) is 13.4 Å². The van der Waals surface area contributed by atoms with Crippen molar-refractivity contribution in [3.05, 3.63) is 337 Å². The van der Waals surface area contributed by atoms with Crippen LogP contribution in [0, 0.1) is 41.5 Å². The van der Waals surface area contributed by atoms with Gasteiger partial charge in [0.25, 0.3) is 13.4 Å². The lowest BCUT2D eigenvalue weighted by molar-refractivity contribution is 0.469. The summed E-state index contributed by atoms with van der Waals surface area (Å²) in [6.07, 6.45) is 0. The number of ether oxygens (including phenoxy) is 2. The van der Waals surface area contributed by atoms with E-state index in [-0.39, 0.29) is 13.4 Å². The minimum absolute atomic E-state index is 0.311. The van der Waals surface area contributed by atoms with Crippen molar-refractivity contribution in [2.75, 3.05) is 19.6 Å². The van der Waals surface area contributed by atoms with E-state index in [0.29, 0.717) is 0 Å². The molecule has 0 saturated heterocycles. The van der Waals surface area contributed by atoms with Crippen LogP contribution in [0.5, 0.6) is 23.0 Å². The highest BCUT2D eigenvalue weighted by Gasteiger charge is 2.49. The Balaban J connectivity index is 1.01. The van der Waals surface area contributed by atoms with Crippen LogP contribution in [0.4, 0.5) is 68.2 Å². The van der Waals surface area contributed by atoms with E-state index in [1.165, 1.54) is 55.4 Å². The second-order valence-electron chi connectivity index (χ2n) is 26.7. The molecule has 18 rings (SSSR count).